The number of hydrogen-bond donors (Lipinski definition) is 3. The molecule has 6 heteroatoms. The van der Waals surface area contributed by atoms with Crippen LogP contribution in [0, 0.1) is 0 Å². The van der Waals surface area contributed by atoms with Crippen LogP contribution < -0.4 is 15.4 Å². The van der Waals surface area contributed by atoms with Crippen LogP contribution in [0.5, 0.6) is 5.75 Å². The molecule has 2 rings (SSSR count). The number of aliphatic hydroxyl groups excluding tert-OH is 1. The lowest BCUT2D eigenvalue weighted by molar-refractivity contribution is -0.123. The largest absolute Gasteiger partial charge is 0.496 e. The molecule has 0 radical (unpaired) electrons. The van der Waals surface area contributed by atoms with Gasteiger partial charge in [-0.1, -0.05) is 11.6 Å². The van der Waals surface area contributed by atoms with E-state index >= 15 is 0 Å². The molecule has 1 fully saturated rings. The van der Waals surface area contributed by atoms with E-state index in [1.165, 1.54) is 0 Å². The minimum Gasteiger partial charge on any atom is -0.496 e. The molecule has 5 nitrogen and oxygen atoms in total. The van der Waals surface area contributed by atoms with Gasteiger partial charge in [-0.3, -0.25) is 4.79 Å². The van der Waals surface area contributed by atoms with E-state index in [9.17, 15) is 9.90 Å². The van der Waals surface area contributed by atoms with Gasteiger partial charge in [0.2, 0.25) is 5.91 Å². The third-order valence-corrected chi connectivity index (χ3v) is 3.35. The summed E-state index contributed by atoms with van der Waals surface area (Å²) < 4.78 is 5.21. The van der Waals surface area contributed by atoms with Crippen molar-refractivity contribution in [3.8, 4) is 5.75 Å². The van der Waals surface area contributed by atoms with Crippen LogP contribution in [0.2, 0.25) is 5.02 Å². The van der Waals surface area contributed by atoms with E-state index in [0.29, 0.717) is 30.3 Å². The van der Waals surface area contributed by atoms with Crippen LogP contribution >= 0.6 is 11.6 Å². The van der Waals surface area contributed by atoms with E-state index in [1.54, 1.807) is 25.3 Å². The minimum absolute atomic E-state index is 0.126. The van der Waals surface area contributed by atoms with Gasteiger partial charge in [0.05, 0.1) is 19.3 Å². The fraction of sp³-hybridized carbons (Fsp3) is 0.462. The lowest BCUT2D eigenvalue weighted by atomic mass is 10.1. The molecule has 1 aliphatic rings. The average Bonchev–Trinajstić information content (AvgIpc) is 2.83. The van der Waals surface area contributed by atoms with Gasteiger partial charge in [0.25, 0.3) is 0 Å². The molecule has 1 saturated heterocycles. The van der Waals surface area contributed by atoms with E-state index in [0.717, 1.165) is 5.56 Å². The van der Waals surface area contributed by atoms with Crippen molar-refractivity contribution in [3.05, 3.63) is 28.8 Å². The quantitative estimate of drug-likeness (QED) is 0.761. The van der Waals surface area contributed by atoms with Crippen LogP contribution in [0.3, 0.4) is 0 Å². The van der Waals surface area contributed by atoms with Crippen LogP contribution in [-0.2, 0) is 11.3 Å². The van der Waals surface area contributed by atoms with Crippen molar-refractivity contribution in [3.63, 3.8) is 0 Å². The molecule has 1 amide bonds. The van der Waals surface area contributed by atoms with Gasteiger partial charge < -0.3 is 20.5 Å². The molecule has 0 spiro atoms. The summed E-state index contributed by atoms with van der Waals surface area (Å²) in [6.45, 7) is 0.801. The Morgan fingerprint density at radius 3 is 3.05 bits per heavy atom. The highest BCUT2D eigenvalue weighted by molar-refractivity contribution is 6.30. The summed E-state index contributed by atoms with van der Waals surface area (Å²) in [5.41, 5.74) is 0.821. The number of carbonyl (C=O) groups excluding carboxylic acids is 1. The Kier molecular flexibility index (Phi) is 4.63. The second-order valence-corrected chi connectivity index (χ2v) is 4.96. The maximum absolute atomic E-state index is 11.9. The molecule has 1 aliphatic heterocycles. The molecule has 1 aromatic rings. The Balaban J connectivity index is 1.95. The number of benzene rings is 1. The third-order valence-electron chi connectivity index (χ3n) is 3.12. The zero-order chi connectivity index (χ0) is 13.8. The minimum atomic E-state index is -0.448. The number of β-amino-alcohol motifs (C(OH)–C–C–N with tert-alkyl or cyclic N) is 1. The number of ether oxygens (including phenoxy) is 1. The molecule has 0 bridgehead atoms. The van der Waals surface area contributed by atoms with Gasteiger partial charge in [-0.2, -0.15) is 0 Å². The first-order valence-corrected chi connectivity index (χ1v) is 6.49. The van der Waals surface area contributed by atoms with E-state index in [4.69, 9.17) is 16.3 Å². The van der Waals surface area contributed by atoms with Crippen molar-refractivity contribution >= 4 is 17.5 Å². The maximum Gasteiger partial charge on any atom is 0.237 e. The van der Waals surface area contributed by atoms with E-state index in [2.05, 4.69) is 10.6 Å². The van der Waals surface area contributed by atoms with Gasteiger partial charge in [-0.05, 0) is 24.6 Å². The van der Waals surface area contributed by atoms with E-state index in [1.807, 2.05) is 0 Å². The Morgan fingerprint density at radius 2 is 2.42 bits per heavy atom. The molecule has 19 heavy (non-hydrogen) atoms. The van der Waals surface area contributed by atoms with Crippen LogP contribution in [0.4, 0.5) is 0 Å². The van der Waals surface area contributed by atoms with Crippen molar-refractivity contribution in [2.75, 3.05) is 13.7 Å². The van der Waals surface area contributed by atoms with Gasteiger partial charge in [0, 0.05) is 23.7 Å². The predicted octanol–water partition coefficient (Wildman–Crippen LogP) is 0.688. The molecule has 0 aromatic heterocycles. The van der Waals surface area contributed by atoms with Crippen LogP contribution in [0.15, 0.2) is 18.2 Å². The number of hydrogen-bond acceptors (Lipinski definition) is 4. The Labute approximate surface area is 116 Å². The summed E-state index contributed by atoms with van der Waals surface area (Å²) in [7, 11) is 1.57. The van der Waals surface area contributed by atoms with Gasteiger partial charge in [0.1, 0.15) is 5.75 Å². The molecule has 0 saturated carbocycles. The van der Waals surface area contributed by atoms with Crippen molar-refractivity contribution in [2.45, 2.75) is 25.1 Å². The Morgan fingerprint density at radius 1 is 1.63 bits per heavy atom. The van der Waals surface area contributed by atoms with Crippen molar-refractivity contribution in [1.82, 2.24) is 10.6 Å². The summed E-state index contributed by atoms with van der Waals surface area (Å²) in [6, 6.07) is 4.93. The second-order valence-electron chi connectivity index (χ2n) is 4.52. The second kappa shape index (κ2) is 6.23. The van der Waals surface area contributed by atoms with Gasteiger partial charge in [0.15, 0.2) is 0 Å². The number of aliphatic hydroxyl groups is 1. The predicted molar refractivity (Wildman–Crippen MR) is 72.3 cm³/mol. The molecular weight excluding hydrogens is 268 g/mol. The highest BCUT2D eigenvalue weighted by Gasteiger charge is 2.27. The molecule has 2 atom stereocenters. The first kappa shape index (κ1) is 14.1. The summed E-state index contributed by atoms with van der Waals surface area (Å²) >= 11 is 5.92. The Hall–Kier alpha value is -1.30. The zero-order valence-corrected chi connectivity index (χ0v) is 11.4. The van der Waals surface area contributed by atoms with E-state index in [-0.39, 0.29) is 11.9 Å². The van der Waals surface area contributed by atoms with Gasteiger partial charge in [-0.15, -0.1) is 0 Å². The highest BCUT2D eigenvalue weighted by Crippen LogP contribution is 2.22. The smallest absolute Gasteiger partial charge is 0.237 e. The lowest BCUT2D eigenvalue weighted by Crippen LogP contribution is -2.40. The third kappa shape index (κ3) is 3.59. The standard InChI is InChI=1S/C13H17ClN2O3/c1-19-12-3-2-9(14)4-8(12)6-16-13(18)11-5-10(17)7-15-11/h2-4,10-11,15,17H,5-7H2,1H3,(H,16,18)/t10-,11-/m1/s1. The number of halogens is 1. The summed E-state index contributed by atoms with van der Waals surface area (Å²) in [5.74, 6) is 0.558. The summed E-state index contributed by atoms with van der Waals surface area (Å²) in [4.78, 5) is 11.9. The molecule has 0 aliphatic carbocycles. The molecule has 104 valence electrons. The first-order chi connectivity index (χ1) is 9.10. The van der Waals surface area contributed by atoms with E-state index < -0.39 is 6.10 Å². The Bertz CT molecular complexity index is 467. The topological polar surface area (TPSA) is 70.6 Å². The lowest BCUT2D eigenvalue weighted by Gasteiger charge is -2.13. The van der Waals surface area contributed by atoms with Crippen molar-refractivity contribution < 1.29 is 14.6 Å². The van der Waals surface area contributed by atoms with Crippen LogP contribution in [0.1, 0.15) is 12.0 Å². The molecule has 1 heterocycles. The zero-order valence-electron chi connectivity index (χ0n) is 10.6. The fourth-order valence-corrected chi connectivity index (χ4v) is 2.30. The van der Waals surface area contributed by atoms with Crippen LogP contribution in [-0.4, -0.2) is 36.8 Å². The number of amides is 1. The number of nitrogens with one attached hydrogen (secondary N) is 2. The molecule has 0 unspecified atom stereocenters. The summed E-state index contributed by atoms with van der Waals surface area (Å²) in [5, 5.41) is 15.7. The summed E-state index contributed by atoms with van der Waals surface area (Å²) in [6.07, 6.45) is -0.00476. The molecule has 1 aromatic carbocycles. The monoisotopic (exact) mass is 284 g/mol. The first-order valence-electron chi connectivity index (χ1n) is 6.11. The normalized spacial score (nSPS) is 22.3. The number of methoxy groups -OCH3 is 1. The molecular formula is C13H17ClN2O3. The number of rotatable bonds is 4. The van der Waals surface area contributed by atoms with Crippen molar-refractivity contribution in [2.24, 2.45) is 0 Å². The molecule has 3 N–H and O–H groups in total. The maximum atomic E-state index is 11.9. The SMILES string of the molecule is COc1ccc(Cl)cc1CNC(=O)[C@H]1C[C@@H](O)CN1. The van der Waals surface area contributed by atoms with Gasteiger partial charge in [-0.25, -0.2) is 0 Å². The fourth-order valence-electron chi connectivity index (χ4n) is 2.11. The average molecular weight is 285 g/mol. The highest BCUT2D eigenvalue weighted by atomic mass is 35.5. The van der Waals surface area contributed by atoms with Gasteiger partial charge >= 0.3 is 0 Å². The number of carbonyl (C=O) groups is 1. The van der Waals surface area contributed by atoms with Crippen LogP contribution in [0.25, 0.3) is 0 Å². The van der Waals surface area contributed by atoms with Crippen molar-refractivity contribution in [1.29, 1.82) is 0 Å².